The van der Waals surface area contributed by atoms with Crippen molar-refractivity contribution in [1.29, 1.82) is 16.2 Å². The lowest BCUT2D eigenvalue weighted by molar-refractivity contribution is -0.144. The zero-order chi connectivity index (χ0) is 110. The van der Waals surface area contributed by atoms with Gasteiger partial charge in [0.2, 0.25) is 112 Å². The van der Waals surface area contributed by atoms with Crippen LogP contribution in [0.1, 0.15) is 190 Å². The molecule has 812 valence electrons. The van der Waals surface area contributed by atoms with E-state index in [1.165, 1.54) is 39.5 Å². The lowest BCUT2D eigenvalue weighted by Crippen LogP contribution is -2.62. The van der Waals surface area contributed by atoms with Gasteiger partial charge in [-0.05, 0) is 140 Å². The molecule has 0 aromatic rings. The molecule has 0 radical (unpaired) electrons. The number of unbranched alkanes of at least 4 members (excludes halogenated alkanes) is 1. The van der Waals surface area contributed by atoms with E-state index < -0.39 is 371 Å². The minimum Gasteiger partial charge on any atom is -0.481 e. The molecule has 0 aliphatic carbocycles. The molecule has 0 unspecified atom stereocenters. The molecule has 0 spiro atoms. The first kappa shape index (κ1) is 129. The van der Waals surface area contributed by atoms with Crippen molar-refractivity contribution in [2.45, 2.75) is 292 Å². The first-order valence-corrected chi connectivity index (χ1v) is 47.3. The second-order valence-electron chi connectivity index (χ2n) is 34.5. The predicted molar refractivity (Wildman–Crippen MR) is 511 cm³/mol. The fraction of sp³-hybridized carbons (Fsp3) is 0.675. The van der Waals surface area contributed by atoms with Crippen molar-refractivity contribution >= 4 is 172 Å². The summed E-state index contributed by atoms with van der Waals surface area (Å²) in [7, 11) is 0. The van der Waals surface area contributed by atoms with Crippen molar-refractivity contribution in [3.8, 4) is 0 Å². The standard InChI is InChI=1S/C83H144N30O30S/c1-37(2)32-50(73(135)100-42(15-11-28-95-81(89)90)65(127)101-45(18-22-54(86)115)68(130)104-48(26-31-144-8)70(132)107-49(80(142)143)21-25-60(123)124)108-69(131)46(19-23-58(119)120)102-66(128)43(16-12-29-96-82(91)92)105-77(139)62(38(3)4)112-78(140)63(39(5)6)111-72(134)47(20-24-59(121)122)103-76(138)53(35-61(125)126)110-67(129)44(17-13-30-97-83(93)94)106-79(141)64(40(7)114)113-71(133)41(14-9-10-27-84)99-75(137)52(34-56(88)117)109-74(136)51(33-55(87)116)98-57(118)36-85/h37-53,62-64,114H,9-36,84-85H2,1-8H3,(H2,86,115)(H2,87,116)(H2,88,117)(H,98,118)(H,99,137)(H,100,135)(H,101,127)(H,102,128)(H,103,138)(H,104,130)(H,105,139)(H,106,141)(H,107,132)(H,108,131)(H,109,136)(H,110,129)(H,111,134)(H,112,140)(H,113,133)(H,119,120)(H,121,122)(H,123,124)(H,125,126)(H,142,143)(H4,89,90,95)(H4,91,92,96)(H4,93,94,97)/t40-,41+,42+,43+,44+,45+,46+,47+,48+,49+,50+,51+,52+,53+,62+,63+,64+/m1/s1. The number of carboxylic acid groups (broad SMARTS) is 5. The summed E-state index contributed by atoms with van der Waals surface area (Å²) in [5.41, 5.74) is 43.5. The third-order valence-corrected chi connectivity index (χ3v) is 21.6. The lowest BCUT2D eigenvalue weighted by Gasteiger charge is -2.30. The Bertz CT molecular complexity index is 4450. The molecule has 60 nitrogen and oxygen atoms in total. The molecule has 0 aliphatic heterocycles. The van der Waals surface area contributed by atoms with Gasteiger partial charge in [-0.15, -0.1) is 0 Å². The predicted octanol–water partition coefficient (Wildman–Crippen LogP) is -12.7. The molecular formula is C83H144N30O30S. The van der Waals surface area contributed by atoms with Crippen LogP contribution in [0.15, 0.2) is 0 Å². The molecule has 17 atom stereocenters. The second kappa shape index (κ2) is 68.5. The van der Waals surface area contributed by atoms with Crippen molar-refractivity contribution in [3.05, 3.63) is 0 Å². The highest BCUT2D eigenvalue weighted by Crippen LogP contribution is 2.17. The number of carbonyl (C=O) groups is 24. The Morgan fingerprint density at radius 3 is 0.854 bits per heavy atom. The number of hydrogen-bond acceptors (Lipinski definition) is 31. The molecule has 0 heterocycles. The van der Waals surface area contributed by atoms with E-state index in [4.69, 9.17) is 62.1 Å². The van der Waals surface area contributed by atoms with Gasteiger partial charge in [-0.3, -0.25) is 127 Å². The molecule has 0 aromatic heterocycles. The van der Waals surface area contributed by atoms with E-state index in [1.807, 2.05) is 0 Å². The maximum Gasteiger partial charge on any atom is 0.326 e. The van der Waals surface area contributed by atoms with Gasteiger partial charge in [-0.25, -0.2) is 4.79 Å². The average Bonchev–Trinajstić information content (AvgIpc) is 0.840. The Balaban J connectivity index is 7.71. The summed E-state index contributed by atoms with van der Waals surface area (Å²) < 4.78 is 0. The monoisotopic (exact) mass is 2070 g/mol. The van der Waals surface area contributed by atoms with Crippen LogP contribution < -0.4 is 147 Å². The molecule has 0 rings (SSSR count). The highest BCUT2D eigenvalue weighted by Gasteiger charge is 2.42. The summed E-state index contributed by atoms with van der Waals surface area (Å²) >= 11 is 1.21. The van der Waals surface area contributed by atoms with Gasteiger partial charge in [0.15, 0.2) is 17.9 Å². The van der Waals surface area contributed by atoms with Gasteiger partial charge in [0.25, 0.3) is 0 Å². The number of rotatable bonds is 75. The minimum atomic E-state index is -2.26. The largest absolute Gasteiger partial charge is 0.481 e. The summed E-state index contributed by atoms with van der Waals surface area (Å²) in [4.78, 5) is 324. The van der Waals surface area contributed by atoms with Crippen molar-refractivity contribution in [2.24, 2.45) is 63.6 Å². The highest BCUT2D eigenvalue weighted by atomic mass is 32.2. The molecule has 144 heavy (non-hydrogen) atoms. The fourth-order valence-corrected chi connectivity index (χ4v) is 13.9. The number of guanidine groups is 3. The van der Waals surface area contributed by atoms with Gasteiger partial charge in [0.1, 0.15) is 96.7 Å². The summed E-state index contributed by atoms with van der Waals surface area (Å²) in [6.07, 6.45) is -11.1. The molecule has 19 amide bonds. The van der Waals surface area contributed by atoms with Gasteiger partial charge < -0.3 is 178 Å². The van der Waals surface area contributed by atoms with Crippen molar-refractivity contribution in [2.75, 3.05) is 44.7 Å². The third-order valence-electron chi connectivity index (χ3n) is 21.0. The molecule has 0 saturated heterocycles. The van der Waals surface area contributed by atoms with E-state index in [-0.39, 0.29) is 89.7 Å². The van der Waals surface area contributed by atoms with Crippen LogP contribution in [-0.2, 0) is 115 Å². The van der Waals surface area contributed by atoms with Gasteiger partial charge in [-0.1, -0.05) is 41.5 Å². The quantitative estimate of drug-likeness (QED) is 0.0153. The Hall–Kier alpha value is -14.7. The van der Waals surface area contributed by atoms with E-state index >= 15 is 0 Å². The SMILES string of the molecule is CSCC[C@H](NC(=O)[C@H](CCC(N)=O)NC(=O)[C@H](CCCNC(=N)N)NC(=O)[C@H](CC(C)C)NC(=O)[C@H](CCC(=O)O)NC(=O)[C@H](CCCNC(=N)N)NC(=O)[C@@H](NC(=O)[C@@H](NC(=O)[C@H](CCC(=O)O)NC(=O)[C@H](CC(=O)O)NC(=O)[C@H](CCCNC(=N)N)NC(=O)[C@@H](NC(=O)[C@H](CCCCN)NC(=O)[C@H](CC(N)=O)NC(=O)[C@H](CC(N)=O)NC(=O)CN)[C@@H](C)O)C(C)C)C(C)C)C(=O)N[C@@H](CCC(=O)O)C(=O)O. The van der Waals surface area contributed by atoms with Crippen LogP contribution in [0, 0.1) is 34.0 Å². The van der Waals surface area contributed by atoms with Gasteiger partial charge in [0.05, 0.1) is 31.9 Å². The van der Waals surface area contributed by atoms with Crippen molar-refractivity contribution < 1.29 is 146 Å². The highest BCUT2D eigenvalue weighted by molar-refractivity contribution is 7.98. The molecule has 0 aromatic carbocycles. The number of primary amides is 3. The summed E-state index contributed by atoms with van der Waals surface area (Å²) in [6, 6.07) is -29.2. The van der Waals surface area contributed by atoms with Gasteiger partial charge in [0, 0.05) is 45.3 Å². The number of aliphatic carboxylic acids is 5. The Kier molecular flexibility index (Phi) is 61.5. The van der Waals surface area contributed by atoms with E-state index in [0.717, 1.165) is 6.92 Å². The number of carbonyl (C=O) groups excluding carboxylic acids is 19. The van der Waals surface area contributed by atoms with Gasteiger partial charge in [-0.2, -0.15) is 11.8 Å². The molecule has 0 aliphatic rings. The second-order valence-corrected chi connectivity index (χ2v) is 35.5. The molecule has 61 heteroatoms. The third kappa shape index (κ3) is 54.4. The number of nitrogens with one attached hydrogen (secondary N) is 22. The van der Waals surface area contributed by atoms with Crippen molar-refractivity contribution in [3.63, 3.8) is 0 Å². The molecular weight excluding hydrogens is 1930 g/mol. The van der Waals surface area contributed by atoms with E-state index in [1.54, 1.807) is 20.1 Å². The smallest absolute Gasteiger partial charge is 0.326 e. The Morgan fingerprint density at radius 1 is 0.285 bits per heavy atom. The molecule has 0 bridgehead atoms. The Labute approximate surface area is 832 Å². The zero-order valence-electron chi connectivity index (χ0n) is 81.4. The number of aliphatic hydroxyl groups is 1. The lowest BCUT2D eigenvalue weighted by atomic mass is 9.98. The first-order valence-electron chi connectivity index (χ1n) is 45.9. The van der Waals surface area contributed by atoms with E-state index in [0.29, 0.717) is 0 Å². The summed E-state index contributed by atoms with van der Waals surface area (Å²) in [5.74, 6) is -34.5. The van der Waals surface area contributed by atoms with Crippen LogP contribution in [-0.4, -0.2) is 338 Å². The maximum absolute atomic E-state index is 14.8. The number of carboxylic acids is 5. The van der Waals surface area contributed by atoms with Crippen LogP contribution in [0.2, 0.25) is 0 Å². The maximum atomic E-state index is 14.8. The fourth-order valence-electron chi connectivity index (χ4n) is 13.4. The Morgan fingerprint density at radius 2 is 0.549 bits per heavy atom. The summed E-state index contributed by atoms with van der Waals surface area (Å²) in [6.45, 7) is 8.73. The molecule has 0 saturated carbocycles. The molecule has 44 N–H and O–H groups in total. The zero-order valence-corrected chi connectivity index (χ0v) is 82.2. The van der Waals surface area contributed by atoms with Crippen LogP contribution in [0.25, 0.3) is 0 Å². The van der Waals surface area contributed by atoms with Crippen molar-refractivity contribution in [1.82, 2.24) is 101 Å². The summed E-state index contributed by atoms with van der Waals surface area (Å²) in [5, 5.41) is 127. The normalized spacial score (nSPS) is 14.5. The van der Waals surface area contributed by atoms with E-state index in [9.17, 15) is 146 Å². The first-order chi connectivity index (χ1) is 67.3. The average molecular weight is 2070 g/mol. The number of aliphatic hydroxyl groups excluding tert-OH is 1. The number of amides is 19. The number of nitrogens with two attached hydrogens (primary N) is 8. The van der Waals surface area contributed by atoms with Crippen LogP contribution in [0.5, 0.6) is 0 Å². The van der Waals surface area contributed by atoms with Crippen LogP contribution >= 0.6 is 11.8 Å². The van der Waals surface area contributed by atoms with Crippen LogP contribution in [0.4, 0.5) is 0 Å². The minimum absolute atomic E-state index is 0.0416. The molecule has 0 fully saturated rings. The topological polar surface area (TPSA) is 1040 Å². The van der Waals surface area contributed by atoms with E-state index in [2.05, 4.69) is 101 Å². The number of hydrogen-bond donors (Lipinski definition) is 36. The van der Waals surface area contributed by atoms with Gasteiger partial charge >= 0.3 is 29.8 Å². The number of thioether (sulfide) groups is 1. The van der Waals surface area contributed by atoms with Crippen LogP contribution in [0.3, 0.4) is 0 Å².